The minimum atomic E-state index is -1.03. The maximum atomic E-state index is 13.4. The average molecular weight is 369 g/mol. The first kappa shape index (κ1) is 17.3. The normalized spacial score (nSPS) is 17.1. The summed E-state index contributed by atoms with van der Waals surface area (Å²) >= 11 is 0. The number of hydrogen-bond acceptors (Lipinski definition) is 4. The molecule has 3 aromatic rings. The third-order valence-corrected chi connectivity index (χ3v) is 4.70. The van der Waals surface area contributed by atoms with Crippen LogP contribution in [0.15, 0.2) is 53.1 Å². The van der Waals surface area contributed by atoms with Crippen LogP contribution in [0.1, 0.15) is 35.0 Å². The van der Waals surface area contributed by atoms with Crippen molar-refractivity contribution in [3.8, 4) is 11.4 Å². The van der Waals surface area contributed by atoms with Crippen molar-refractivity contribution in [2.75, 3.05) is 13.1 Å². The van der Waals surface area contributed by atoms with Crippen LogP contribution in [0.4, 0.5) is 8.78 Å². The first-order valence-corrected chi connectivity index (χ1v) is 8.75. The zero-order valence-electron chi connectivity index (χ0n) is 14.4. The summed E-state index contributed by atoms with van der Waals surface area (Å²) in [6.07, 6.45) is 1.58. The van der Waals surface area contributed by atoms with Crippen molar-refractivity contribution < 1.29 is 18.1 Å². The maximum Gasteiger partial charge on any atom is 0.253 e. The number of likely N-dealkylation sites (tertiary alicyclic amines) is 1. The van der Waals surface area contributed by atoms with Crippen LogP contribution in [0.25, 0.3) is 11.4 Å². The van der Waals surface area contributed by atoms with E-state index >= 15 is 0 Å². The Balaban J connectivity index is 1.50. The van der Waals surface area contributed by atoms with Crippen LogP contribution in [0, 0.1) is 11.6 Å². The predicted octanol–water partition coefficient (Wildman–Crippen LogP) is 4.03. The molecule has 0 radical (unpaired) electrons. The van der Waals surface area contributed by atoms with Crippen LogP contribution in [-0.2, 0) is 0 Å². The quantitative estimate of drug-likeness (QED) is 0.699. The molecule has 1 aromatic heterocycles. The Kier molecular flexibility index (Phi) is 4.66. The van der Waals surface area contributed by atoms with Gasteiger partial charge in [0.2, 0.25) is 11.7 Å². The molecule has 0 saturated carbocycles. The number of halogens is 2. The molecule has 4 rings (SSSR count). The SMILES string of the molecule is O=C(c1ccc(F)c(F)c1)N1CCCC(c2nc(-c3ccccc3)no2)C1. The van der Waals surface area contributed by atoms with Crippen molar-refractivity contribution in [2.24, 2.45) is 0 Å². The van der Waals surface area contributed by atoms with Gasteiger partial charge in [-0.1, -0.05) is 35.5 Å². The molecule has 1 amide bonds. The third kappa shape index (κ3) is 3.58. The highest BCUT2D eigenvalue weighted by Gasteiger charge is 2.29. The van der Waals surface area contributed by atoms with Crippen molar-refractivity contribution in [2.45, 2.75) is 18.8 Å². The average Bonchev–Trinajstić information content (AvgIpc) is 3.21. The van der Waals surface area contributed by atoms with E-state index in [4.69, 9.17) is 4.52 Å². The lowest BCUT2D eigenvalue weighted by Gasteiger charge is -2.31. The first-order chi connectivity index (χ1) is 13.1. The Bertz CT molecular complexity index is 959. The molecule has 2 aromatic carbocycles. The summed E-state index contributed by atoms with van der Waals surface area (Å²) < 4.78 is 32.0. The number of carbonyl (C=O) groups excluding carboxylic acids is 1. The Morgan fingerprint density at radius 3 is 2.70 bits per heavy atom. The summed E-state index contributed by atoms with van der Waals surface area (Å²) in [7, 11) is 0. The number of rotatable bonds is 3. The zero-order chi connectivity index (χ0) is 18.8. The fourth-order valence-corrected chi connectivity index (χ4v) is 3.28. The number of aromatic nitrogens is 2. The van der Waals surface area contributed by atoms with Crippen molar-refractivity contribution in [1.29, 1.82) is 0 Å². The predicted molar refractivity (Wildman–Crippen MR) is 94.0 cm³/mol. The van der Waals surface area contributed by atoms with Crippen LogP contribution in [0.3, 0.4) is 0 Å². The molecule has 2 heterocycles. The van der Waals surface area contributed by atoms with Gasteiger partial charge in [0.1, 0.15) is 0 Å². The number of hydrogen-bond donors (Lipinski definition) is 0. The summed E-state index contributed by atoms with van der Waals surface area (Å²) in [5, 5.41) is 4.03. The van der Waals surface area contributed by atoms with Crippen LogP contribution >= 0.6 is 0 Å². The molecular weight excluding hydrogens is 352 g/mol. The zero-order valence-corrected chi connectivity index (χ0v) is 14.4. The molecule has 1 fully saturated rings. The summed E-state index contributed by atoms with van der Waals surface area (Å²) in [6, 6.07) is 12.7. The van der Waals surface area contributed by atoms with Crippen molar-refractivity contribution in [3.05, 3.63) is 71.6 Å². The highest BCUT2D eigenvalue weighted by atomic mass is 19.2. The monoisotopic (exact) mass is 369 g/mol. The second kappa shape index (κ2) is 7.26. The van der Waals surface area contributed by atoms with E-state index in [1.165, 1.54) is 6.07 Å². The van der Waals surface area contributed by atoms with Gasteiger partial charge in [-0.3, -0.25) is 4.79 Å². The topological polar surface area (TPSA) is 59.2 Å². The van der Waals surface area contributed by atoms with Crippen LogP contribution in [0.5, 0.6) is 0 Å². The lowest BCUT2D eigenvalue weighted by molar-refractivity contribution is 0.0695. The van der Waals surface area contributed by atoms with Gasteiger partial charge in [0.25, 0.3) is 5.91 Å². The Morgan fingerprint density at radius 2 is 1.93 bits per heavy atom. The molecule has 27 heavy (non-hydrogen) atoms. The van der Waals surface area contributed by atoms with E-state index in [0.717, 1.165) is 30.5 Å². The summed E-state index contributed by atoms with van der Waals surface area (Å²) in [5.41, 5.74) is 0.989. The van der Waals surface area contributed by atoms with E-state index in [-0.39, 0.29) is 17.4 Å². The largest absolute Gasteiger partial charge is 0.339 e. The van der Waals surface area contributed by atoms with E-state index in [1.807, 2.05) is 30.3 Å². The first-order valence-electron chi connectivity index (χ1n) is 8.75. The van der Waals surface area contributed by atoms with Gasteiger partial charge < -0.3 is 9.42 Å². The van der Waals surface area contributed by atoms with Gasteiger partial charge in [0.15, 0.2) is 11.6 Å². The third-order valence-electron chi connectivity index (χ3n) is 4.70. The number of amides is 1. The van der Waals surface area contributed by atoms with Crippen LogP contribution in [0.2, 0.25) is 0 Å². The maximum absolute atomic E-state index is 13.4. The minimum absolute atomic E-state index is 0.0852. The van der Waals surface area contributed by atoms with E-state index < -0.39 is 11.6 Å². The number of benzene rings is 2. The minimum Gasteiger partial charge on any atom is -0.339 e. The number of piperidine rings is 1. The molecule has 0 aliphatic carbocycles. The fraction of sp³-hybridized carbons (Fsp3) is 0.250. The summed E-state index contributed by atoms with van der Waals surface area (Å²) in [4.78, 5) is 18.7. The van der Waals surface area contributed by atoms with E-state index in [0.29, 0.717) is 24.8 Å². The molecule has 1 aliphatic rings. The number of nitrogens with zero attached hydrogens (tertiary/aromatic N) is 3. The van der Waals surface area contributed by atoms with Crippen molar-refractivity contribution >= 4 is 5.91 Å². The van der Waals surface area contributed by atoms with Gasteiger partial charge in [0.05, 0.1) is 5.92 Å². The van der Waals surface area contributed by atoms with Gasteiger partial charge in [-0.05, 0) is 31.0 Å². The van der Waals surface area contributed by atoms with Crippen LogP contribution in [-0.4, -0.2) is 34.0 Å². The molecule has 5 nitrogen and oxygen atoms in total. The van der Waals surface area contributed by atoms with Crippen molar-refractivity contribution in [3.63, 3.8) is 0 Å². The Labute approximate surface area is 154 Å². The van der Waals surface area contributed by atoms with Gasteiger partial charge in [-0.15, -0.1) is 0 Å². The molecule has 7 heteroatoms. The molecule has 1 atom stereocenters. The molecule has 138 valence electrons. The molecular formula is C20H17F2N3O2. The van der Waals surface area contributed by atoms with Crippen molar-refractivity contribution in [1.82, 2.24) is 15.0 Å². The molecule has 1 aliphatic heterocycles. The fourth-order valence-electron chi connectivity index (χ4n) is 3.28. The second-order valence-corrected chi connectivity index (χ2v) is 6.54. The molecule has 0 spiro atoms. The van der Waals surface area contributed by atoms with Gasteiger partial charge in [-0.25, -0.2) is 8.78 Å². The second-order valence-electron chi connectivity index (χ2n) is 6.54. The van der Waals surface area contributed by atoms with Gasteiger partial charge in [-0.2, -0.15) is 4.98 Å². The van der Waals surface area contributed by atoms with Gasteiger partial charge >= 0.3 is 0 Å². The van der Waals surface area contributed by atoms with E-state index in [2.05, 4.69) is 10.1 Å². The standard InChI is InChI=1S/C20H17F2N3O2/c21-16-9-8-14(11-17(16)22)20(26)25-10-4-7-15(12-25)19-23-18(24-27-19)13-5-2-1-3-6-13/h1-3,5-6,8-9,11,15H,4,7,10,12H2. The van der Waals surface area contributed by atoms with Gasteiger partial charge in [0, 0.05) is 24.2 Å². The summed E-state index contributed by atoms with van der Waals surface area (Å²) in [5.74, 6) is -1.42. The molecule has 1 unspecified atom stereocenters. The van der Waals surface area contributed by atoms with E-state index in [1.54, 1.807) is 4.90 Å². The summed E-state index contributed by atoms with van der Waals surface area (Å²) in [6.45, 7) is 0.947. The highest BCUT2D eigenvalue weighted by Crippen LogP contribution is 2.28. The number of carbonyl (C=O) groups is 1. The highest BCUT2D eigenvalue weighted by molar-refractivity contribution is 5.94. The Morgan fingerprint density at radius 1 is 1.11 bits per heavy atom. The lowest BCUT2D eigenvalue weighted by atomic mass is 9.97. The van der Waals surface area contributed by atoms with Crippen LogP contribution < -0.4 is 0 Å². The molecule has 0 N–H and O–H groups in total. The van der Waals surface area contributed by atoms with E-state index in [9.17, 15) is 13.6 Å². The lowest BCUT2D eigenvalue weighted by Crippen LogP contribution is -2.39. The molecule has 0 bridgehead atoms. The molecule has 1 saturated heterocycles. The smallest absolute Gasteiger partial charge is 0.253 e. The Hall–Kier alpha value is -3.09.